The molecule has 100 valence electrons. The zero-order valence-electron chi connectivity index (χ0n) is 11.2. The molecule has 0 bridgehead atoms. The molecule has 1 atom stereocenters. The molecule has 1 aromatic heterocycles. The van der Waals surface area contributed by atoms with Gasteiger partial charge in [-0.2, -0.15) is 0 Å². The van der Waals surface area contributed by atoms with E-state index in [0.29, 0.717) is 0 Å². The first kappa shape index (κ1) is 12.2. The minimum absolute atomic E-state index is 0.0929. The average Bonchev–Trinajstić information content (AvgIpc) is 2.83. The third-order valence-electron chi connectivity index (χ3n) is 3.64. The molecule has 2 heterocycles. The van der Waals surface area contributed by atoms with Crippen LogP contribution >= 0.6 is 0 Å². The van der Waals surface area contributed by atoms with Crippen molar-refractivity contribution in [1.29, 1.82) is 0 Å². The van der Waals surface area contributed by atoms with Crippen molar-refractivity contribution in [3.05, 3.63) is 47.5 Å². The van der Waals surface area contributed by atoms with Gasteiger partial charge in [-0.1, -0.05) is 12.1 Å². The van der Waals surface area contributed by atoms with Crippen LogP contribution in [-0.4, -0.2) is 16.7 Å². The van der Waals surface area contributed by atoms with Crippen LogP contribution in [0.5, 0.6) is 5.75 Å². The van der Waals surface area contributed by atoms with Gasteiger partial charge in [0, 0.05) is 19.0 Å². The standard InChI is InChI=1S/C15H19N3O/c1-19-13-5-2-4-11(9-13)8-12-10-18-14(16)6-3-7-15(18)17-12/h2,4-5,9-10,14H,3,6-8,16H2,1H3. The SMILES string of the molecule is COc1cccc(Cc2cn3c(n2)CCCC3N)c1. The molecule has 2 N–H and O–H groups in total. The number of nitrogens with two attached hydrogens (primary N) is 1. The van der Waals surface area contributed by atoms with Crippen LogP contribution in [0.25, 0.3) is 0 Å². The monoisotopic (exact) mass is 257 g/mol. The first-order valence-electron chi connectivity index (χ1n) is 6.71. The van der Waals surface area contributed by atoms with E-state index in [4.69, 9.17) is 15.5 Å². The van der Waals surface area contributed by atoms with E-state index in [1.807, 2.05) is 12.1 Å². The summed E-state index contributed by atoms with van der Waals surface area (Å²) in [5.74, 6) is 2.01. The fraction of sp³-hybridized carbons (Fsp3) is 0.400. The molecular formula is C15H19N3O. The number of rotatable bonds is 3. The topological polar surface area (TPSA) is 53.1 Å². The molecule has 1 unspecified atom stereocenters. The summed E-state index contributed by atoms with van der Waals surface area (Å²) in [7, 11) is 1.69. The second kappa shape index (κ2) is 5.05. The van der Waals surface area contributed by atoms with E-state index in [1.54, 1.807) is 7.11 Å². The molecule has 0 amide bonds. The van der Waals surface area contributed by atoms with Crippen LogP contribution in [0.3, 0.4) is 0 Å². The van der Waals surface area contributed by atoms with E-state index < -0.39 is 0 Å². The Morgan fingerprint density at radius 1 is 1.47 bits per heavy atom. The highest BCUT2D eigenvalue weighted by atomic mass is 16.5. The Morgan fingerprint density at radius 2 is 2.37 bits per heavy atom. The largest absolute Gasteiger partial charge is 0.497 e. The van der Waals surface area contributed by atoms with Crippen molar-refractivity contribution in [2.45, 2.75) is 31.8 Å². The van der Waals surface area contributed by atoms with Crippen molar-refractivity contribution in [1.82, 2.24) is 9.55 Å². The number of benzene rings is 1. The minimum Gasteiger partial charge on any atom is -0.497 e. The molecule has 19 heavy (non-hydrogen) atoms. The third kappa shape index (κ3) is 2.49. The van der Waals surface area contributed by atoms with E-state index in [1.165, 1.54) is 5.56 Å². The number of hydrogen-bond donors (Lipinski definition) is 1. The van der Waals surface area contributed by atoms with Gasteiger partial charge in [-0.3, -0.25) is 0 Å². The Kier molecular flexibility index (Phi) is 3.25. The molecule has 0 spiro atoms. The fourth-order valence-electron chi connectivity index (χ4n) is 2.64. The summed E-state index contributed by atoms with van der Waals surface area (Å²) in [6.45, 7) is 0. The van der Waals surface area contributed by atoms with Crippen molar-refractivity contribution in [3.8, 4) is 5.75 Å². The number of imidazole rings is 1. The zero-order chi connectivity index (χ0) is 13.2. The number of aromatic nitrogens is 2. The molecule has 0 fully saturated rings. The van der Waals surface area contributed by atoms with Crippen LogP contribution in [0.1, 0.15) is 36.1 Å². The van der Waals surface area contributed by atoms with Crippen molar-refractivity contribution in [3.63, 3.8) is 0 Å². The van der Waals surface area contributed by atoms with Crippen LogP contribution in [0.2, 0.25) is 0 Å². The second-order valence-electron chi connectivity index (χ2n) is 5.04. The third-order valence-corrected chi connectivity index (χ3v) is 3.64. The molecule has 4 nitrogen and oxygen atoms in total. The first-order chi connectivity index (χ1) is 9.26. The van der Waals surface area contributed by atoms with Crippen LogP contribution in [0, 0.1) is 0 Å². The molecule has 4 heteroatoms. The summed E-state index contributed by atoms with van der Waals surface area (Å²) in [5.41, 5.74) is 8.40. The fourth-order valence-corrected chi connectivity index (χ4v) is 2.64. The summed E-state index contributed by atoms with van der Waals surface area (Å²) in [4.78, 5) is 4.69. The molecule has 0 saturated carbocycles. The van der Waals surface area contributed by atoms with Crippen LogP contribution in [0.4, 0.5) is 0 Å². The summed E-state index contributed by atoms with van der Waals surface area (Å²) in [5, 5.41) is 0. The maximum Gasteiger partial charge on any atom is 0.119 e. The van der Waals surface area contributed by atoms with Gasteiger partial charge in [0.1, 0.15) is 11.6 Å². The lowest BCUT2D eigenvalue weighted by atomic mass is 10.1. The predicted molar refractivity (Wildman–Crippen MR) is 74.2 cm³/mol. The molecule has 0 saturated heterocycles. The normalized spacial score (nSPS) is 18.1. The predicted octanol–water partition coefficient (Wildman–Crippen LogP) is 2.28. The Bertz CT molecular complexity index is 577. The van der Waals surface area contributed by atoms with Gasteiger partial charge in [0.25, 0.3) is 0 Å². The first-order valence-corrected chi connectivity index (χ1v) is 6.71. The Morgan fingerprint density at radius 3 is 3.16 bits per heavy atom. The van der Waals surface area contributed by atoms with Gasteiger partial charge < -0.3 is 15.0 Å². The number of methoxy groups -OCH3 is 1. The lowest BCUT2D eigenvalue weighted by molar-refractivity contribution is 0.408. The summed E-state index contributed by atoms with van der Waals surface area (Å²) in [6, 6.07) is 8.12. The van der Waals surface area contributed by atoms with Gasteiger partial charge in [-0.15, -0.1) is 0 Å². The van der Waals surface area contributed by atoms with Gasteiger partial charge in [0.2, 0.25) is 0 Å². The van der Waals surface area contributed by atoms with Gasteiger partial charge in [-0.25, -0.2) is 4.98 Å². The number of fused-ring (bicyclic) bond motifs is 1. The molecule has 1 aliphatic rings. The molecule has 2 aromatic rings. The molecule has 1 aromatic carbocycles. The zero-order valence-corrected chi connectivity index (χ0v) is 11.2. The van der Waals surface area contributed by atoms with Gasteiger partial charge in [-0.05, 0) is 30.5 Å². The summed E-state index contributed by atoms with van der Waals surface area (Å²) in [6.07, 6.45) is 6.22. The lowest BCUT2D eigenvalue weighted by Crippen LogP contribution is -2.24. The van der Waals surface area contributed by atoms with E-state index >= 15 is 0 Å². The quantitative estimate of drug-likeness (QED) is 0.917. The second-order valence-corrected chi connectivity index (χ2v) is 5.04. The van der Waals surface area contributed by atoms with Crippen molar-refractivity contribution < 1.29 is 4.74 Å². The number of hydrogen-bond acceptors (Lipinski definition) is 3. The van der Waals surface area contributed by atoms with E-state index in [2.05, 4.69) is 22.9 Å². The smallest absolute Gasteiger partial charge is 0.119 e. The van der Waals surface area contributed by atoms with Gasteiger partial charge >= 0.3 is 0 Å². The van der Waals surface area contributed by atoms with E-state index in [9.17, 15) is 0 Å². The van der Waals surface area contributed by atoms with E-state index in [-0.39, 0.29) is 6.17 Å². The molecule has 1 aliphatic heterocycles. The highest BCUT2D eigenvalue weighted by Gasteiger charge is 2.18. The Labute approximate surface area is 113 Å². The minimum atomic E-state index is 0.0929. The molecule has 3 rings (SSSR count). The van der Waals surface area contributed by atoms with Crippen molar-refractivity contribution >= 4 is 0 Å². The number of ether oxygens (including phenoxy) is 1. The Hall–Kier alpha value is -1.81. The molecule has 0 radical (unpaired) electrons. The summed E-state index contributed by atoms with van der Waals surface area (Å²) < 4.78 is 7.37. The molecule has 0 aliphatic carbocycles. The molecular weight excluding hydrogens is 238 g/mol. The van der Waals surface area contributed by atoms with Crippen molar-refractivity contribution in [2.75, 3.05) is 7.11 Å². The number of aryl methyl sites for hydroxylation is 1. The number of nitrogens with zero attached hydrogens (tertiary/aromatic N) is 2. The highest BCUT2D eigenvalue weighted by Crippen LogP contribution is 2.22. The Balaban J connectivity index is 1.83. The lowest BCUT2D eigenvalue weighted by Gasteiger charge is -2.20. The van der Waals surface area contributed by atoms with Gasteiger partial charge in [0.05, 0.1) is 19.0 Å². The van der Waals surface area contributed by atoms with Crippen LogP contribution in [-0.2, 0) is 12.8 Å². The van der Waals surface area contributed by atoms with E-state index in [0.717, 1.165) is 43.0 Å². The summed E-state index contributed by atoms with van der Waals surface area (Å²) >= 11 is 0. The van der Waals surface area contributed by atoms with Crippen LogP contribution in [0.15, 0.2) is 30.5 Å². The van der Waals surface area contributed by atoms with Crippen molar-refractivity contribution in [2.24, 2.45) is 5.73 Å². The van der Waals surface area contributed by atoms with Gasteiger partial charge in [0.15, 0.2) is 0 Å². The average molecular weight is 257 g/mol. The maximum atomic E-state index is 6.10. The van der Waals surface area contributed by atoms with Crippen LogP contribution < -0.4 is 10.5 Å². The maximum absolute atomic E-state index is 6.10. The highest BCUT2D eigenvalue weighted by molar-refractivity contribution is 5.31.